The summed E-state index contributed by atoms with van der Waals surface area (Å²) in [5.74, 6) is -1.26. The molecule has 0 heterocycles. The highest BCUT2D eigenvalue weighted by Crippen LogP contribution is 2.22. The molecule has 0 spiro atoms. The Morgan fingerprint density at radius 3 is 1.48 bits per heavy atom. The Hall–Kier alpha value is -2.07. The molecular formula is C23H44N2O8. The zero-order valence-corrected chi connectivity index (χ0v) is 22.4. The first-order valence-corrected chi connectivity index (χ1v) is 11.1. The number of nitrogens with zero attached hydrogens (tertiary/aromatic N) is 2. The van der Waals surface area contributed by atoms with E-state index in [0.29, 0.717) is 0 Å². The van der Waals surface area contributed by atoms with Crippen LogP contribution >= 0.6 is 0 Å². The number of aliphatic carboxylic acids is 1. The van der Waals surface area contributed by atoms with Crippen LogP contribution in [0.2, 0.25) is 0 Å². The van der Waals surface area contributed by atoms with Gasteiger partial charge in [-0.3, -0.25) is 9.68 Å². The van der Waals surface area contributed by atoms with Crippen LogP contribution in [0.1, 0.15) is 95.9 Å². The van der Waals surface area contributed by atoms with Crippen molar-refractivity contribution in [3.8, 4) is 0 Å². The van der Waals surface area contributed by atoms with Crippen molar-refractivity contribution < 1.29 is 38.6 Å². The average molecular weight is 477 g/mol. The number of carboxylic acid groups (broad SMARTS) is 1. The van der Waals surface area contributed by atoms with E-state index in [2.05, 4.69) is 0 Å². The Labute approximate surface area is 198 Å². The van der Waals surface area contributed by atoms with Crippen LogP contribution in [-0.4, -0.2) is 68.4 Å². The molecule has 0 aromatic carbocycles. The summed E-state index contributed by atoms with van der Waals surface area (Å²) in [6.45, 7) is 20.8. The van der Waals surface area contributed by atoms with Crippen LogP contribution in [-0.2, 0) is 23.9 Å². The highest BCUT2D eigenvalue weighted by Gasteiger charge is 2.37. The van der Waals surface area contributed by atoms with Crippen LogP contribution in [0.3, 0.4) is 0 Å². The molecule has 33 heavy (non-hydrogen) atoms. The van der Waals surface area contributed by atoms with E-state index in [1.54, 1.807) is 83.1 Å². The Bertz CT molecular complexity index is 666. The van der Waals surface area contributed by atoms with E-state index in [0.717, 1.165) is 10.1 Å². The molecule has 10 nitrogen and oxygen atoms in total. The predicted molar refractivity (Wildman–Crippen MR) is 123 cm³/mol. The molecule has 0 bridgehead atoms. The SMILES string of the molecule is CC(C)(C)OC(=O)N(CCC[C@@H](C(=O)O)N(OC(C)(C)C)C(=O)OC(C)(C)C)OC(C)(C)C. The van der Waals surface area contributed by atoms with Gasteiger partial charge in [-0.15, -0.1) is 0 Å². The van der Waals surface area contributed by atoms with E-state index < -0.39 is 46.6 Å². The molecule has 0 aromatic heterocycles. The van der Waals surface area contributed by atoms with Crippen molar-refractivity contribution >= 4 is 18.2 Å². The topological polar surface area (TPSA) is 115 Å². The van der Waals surface area contributed by atoms with Crippen LogP contribution in [0.15, 0.2) is 0 Å². The van der Waals surface area contributed by atoms with Crippen molar-refractivity contribution in [3.63, 3.8) is 0 Å². The van der Waals surface area contributed by atoms with Gasteiger partial charge in [0.05, 0.1) is 17.7 Å². The summed E-state index contributed by atoms with van der Waals surface area (Å²) in [5.41, 5.74) is -3.09. The molecule has 194 valence electrons. The molecule has 0 saturated heterocycles. The quantitative estimate of drug-likeness (QED) is 0.478. The number of amides is 2. The normalized spacial score (nSPS) is 13.8. The van der Waals surface area contributed by atoms with Crippen LogP contribution in [0, 0.1) is 0 Å². The minimum atomic E-state index is -1.34. The van der Waals surface area contributed by atoms with Gasteiger partial charge >= 0.3 is 18.2 Å². The number of carboxylic acids is 1. The summed E-state index contributed by atoms with van der Waals surface area (Å²) in [5, 5.41) is 11.7. The Morgan fingerprint density at radius 1 is 0.697 bits per heavy atom. The van der Waals surface area contributed by atoms with Gasteiger partial charge in [-0.25, -0.2) is 14.4 Å². The summed E-state index contributed by atoms with van der Waals surface area (Å²) in [4.78, 5) is 48.8. The monoisotopic (exact) mass is 476 g/mol. The van der Waals surface area contributed by atoms with Gasteiger partial charge in [0.25, 0.3) is 0 Å². The fraction of sp³-hybridized carbons (Fsp3) is 0.870. The van der Waals surface area contributed by atoms with Gasteiger partial charge in [-0.05, 0) is 95.9 Å². The zero-order valence-electron chi connectivity index (χ0n) is 22.4. The van der Waals surface area contributed by atoms with E-state index in [1.807, 2.05) is 0 Å². The summed E-state index contributed by atoms with van der Waals surface area (Å²) < 4.78 is 10.7. The van der Waals surface area contributed by atoms with Crippen molar-refractivity contribution in [1.82, 2.24) is 10.1 Å². The fourth-order valence-electron chi connectivity index (χ4n) is 2.42. The number of hydrogen-bond acceptors (Lipinski definition) is 7. The summed E-state index contributed by atoms with van der Waals surface area (Å²) >= 11 is 0. The number of hydroxylamine groups is 4. The minimum Gasteiger partial charge on any atom is -0.480 e. The lowest BCUT2D eigenvalue weighted by Gasteiger charge is -2.35. The first kappa shape index (κ1) is 30.9. The lowest BCUT2D eigenvalue weighted by molar-refractivity contribution is -0.235. The summed E-state index contributed by atoms with van der Waals surface area (Å²) in [6, 6.07) is -1.34. The third kappa shape index (κ3) is 14.6. The van der Waals surface area contributed by atoms with Gasteiger partial charge in [0.1, 0.15) is 11.2 Å². The van der Waals surface area contributed by atoms with Crippen LogP contribution < -0.4 is 0 Å². The Balaban J connectivity index is 5.60. The standard InChI is InChI=1S/C23H44N2O8/c1-20(2,3)30-18(28)24(32-22(7,8)9)15-13-14-16(17(26)27)25(33-23(10,11)12)19(29)31-21(4,5)6/h16H,13-15H2,1-12H3,(H,26,27)/t16-/m0/s1. The molecule has 0 saturated carbocycles. The van der Waals surface area contributed by atoms with Crippen molar-refractivity contribution in [2.24, 2.45) is 0 Å². The third-order valence-corrected chi connectivity index (χ3v) is 3.33. The molecule has 0 unspecified atom stereocenters. The number of hydrogen-bond donors (Lipinski definition) is 1. The predicted octanol–water partition coefficient (Wildman–Crippen LogP) is 5.15. The van der Waals surface area contributed by atoms with Crippen molar-refractivity contribution in [2.45, 2.75) is 124 Å². The van der Waals surface area contributed by atoms with E-state index in [9.17, 15) is 19.5 Å². The molecule has 0 fully saturated rings. The maximum atomic E-state index is 12.7. The maximum Gasteiger partial charge on any atom is 0.435 e. The third-order valence-electron chi connectivity index (χ3n) is 3.33. The van der Waals surface area contributed by atoms with Crippen LogP contribution in [0.5, 0.6) is 0 Å². The van der Waals surface area contributed by atoms with E-state index in [4.69, 9.17) is 19.1 Å². The molecule has 1 N–H and O–H groups in total. The first-order valence-electron chi connectivity index (χ1n) is 11.1. The molecule has 0 aliphatic rings. The molecule has 0 radical (unpaired) electrons. The second kappa shape index (κ2) is 11.4. The summed E-state index contributed by atoms with van der Waals surface area (Å²) in [6.07, 6.45) is -1.41. The van der Waals surface area contributed by atoms with Crippen molar-refractivity contribution in [2.75, 3.05) is 6.54 Å². The zero-order chi connectivity index (χ0) is 26.4. The molecule has 0 aliphatic carbocycles. The fourth-order valence-corrected chi connectivity index (χ4v) is 2.42. The molecule has 10 heteroatoms. The van der Waals surface area contributed by atoms with E-state index in [-0.39, 0.29) is 19.4 Å². The second-order valence-corrected chi connectivity index (χ2v) is 11.8. The lowest BCUT2D eigenvalue weighted by Crippen LogP contribution is -2.50. The van der Waals surface area contributed by atoms with Gasteiger partial charge in [0.2, 0.25) is 0 Å². The minimum absolute atomic E-state index is 0.0164. The van der Waals surface area contributed by atoms with Gasteiger partial charge in [0, 0.05) is 0 Å². The molecule has 0 rings (SSSR count). The smallest absolute Gasteiger partial charge is 0.435 e. The largest absolute Gasteiger partial charge is 0.480 e. The van der Waals surface area contributed by atoms with E-state index in [1.165, 1.54) is 0 Å². The summed E-state index contributed by atoms with van der Waals surface area (Å²) in [7, 11) is 0. The van der Waals surface area contributed by atoms with Crippen LogP contribution in [0.25, 0.3) is 0 Å². The molecular weight excluding hydrogens is 432 g/mol. The van der Waals surface area contributed by atoms with Gasteiger partial charge < -0.3 is 14.6 Å². The molecule has 1 atom stereocenters. The molecule has 0 aromatic rings. The van der Waals surface area contributed by atoms with Gasteiger partial charge in [-0.1, -0.05) is 0 Å². The van der Waals surface area contributed by atoms with Crippen molar-refractivity contribution in [1.29, 1.82) is 0 Å². The number of carbonyl (C=O) groups excluding carboxylic acids is 2. The Kier molecular flexibility index (Phi) is 10.7. The Morgan fingerprint density at radius 2 is 1.12 bits per heavy atom. The van der Waals surface area contributed by atoms with Gasteiger partial charge in [0.15, 0.2) is 6.04 Å². The second-order valence-electron chi connectivity index (χ2n) is 11.8. The molecule has 2 amide bonds. The first-order chi connectivity index (χ1) is 14.5. The highest BCUT2D eigenvalue weighted by atomic mass is 16.8. The van der Waals surface area contributed by atoms with Gasteiger partial charge in [-0.2, -0.15) is 10.1 Å². The van der Waals surface area contributed by atoms with Crippen molar-refractivity contribution in [3.05, 3.63) is 0 Å². The number of carbonyl (C=O) groups is 3. The highest BCUT2D eigenvalue weighted by molar-refractivity contribution is 5.79. The van der Waals surface area contributed by atoms with Crippen LogP contribution in [0.4, 0.5) is 9.59 Å². The van der Waals surface area contributed by atoms with E-state index >= 15 is 0 Å². The number of ether oxygens (including phenoxy) is 2. The maximum absolute atomic E-state index is 12.7. The lowest BCUT2D eigenvalue weighted by atomic mass is 10.1. The number of rotatable bonds is 8. The molecule has 0 aliphatic heterocycles. The average Bonchev–Trinajstić information content (AvgIpc) is 2.50.